The van der Waals surface area contributed by atoms with Crippen molar-refractivity contribution in [3.8, 4) is 0 Å². The fourth-order valence-corrected chi connectivity index (χ4v) is 4.17. The van der Waals surface area contributed by atoms with Crippen molar-refractivity contribution in [2.75, 3.05) is 33.2 Å². The van der Waals surface area contributed by atoms with Crippen molar-refractivity contribution >= 4 is 17.0 Å². The number of aromatic nitrogens is 3. The third kappa shape index (κ3) is 3.72. The zero-order chi connectivity index (χ0) is 21.5. The van der Waals surface area contributed by atoms with E-state index in [0.29, 0.717) is 0 Å². The van der Waals surface area contributed by atoms with Crippen molar-refractivity contribution in [2.24, 2.45) is 0 Å². The van der Waals surface area contributed by atoms with Crippen LogP contribution in [0.1, 0.15) is 17.1 Å². The van der Waals surface area contributed by atoms with Crippen molar-refractivity contribution in [1.29, 1.82) is 0 Å². The second kappa shape index (κ2) is 7.67. The van der Waals surface area contributed by atoms with E-state index in [4.69, 9.17) is 0 Å². The molecular formula is C24H26N6O. The summed E-state index contributed by atoms with van der Waals surface area (Å²) in [4.78, 5) is 24.1. The van der Waals surface area contributed by atoms with E-state index in [1.54, 1.807) is 11.0 Å². The lowest BCUT2D eigenvalue weighted by Gasteiger charge is -2.36. The molecule has 158 valence electrons. The summed E-state index contributed by atoms with van der Waals surface area (Å²) in [6.45, 7) is 7.89. The lowest BCUT2D eigenvalue weighted by atomic mass is 10.1. The minimum absolute atomic E-state index is 0.0790. The van der Waals surface area contributed by atoms with Crippen LogP contribution in [0.4, 0.5) is 0 Å². The monoisotopic (exact) mass is 414 g/mol. The molecular weight excluding hydrogens is 388 g/mol. The SMILES string of the molecule is Cc1cn2nc(C3=CC(=O)N4C=C(N5CCN(C)CC5)C=C/C4=C\C=C3)cc2c(C)n1. The quantitative estimate of drug-likeness (QED) is 0.756. The number of amides is 1. The van der Waals surface area contributed by atoms with Crippen LogP contribution >= 0.6 is 0 Å². The van der Waals surface area contributed by atoms with Gasteiger partial charge >= 0.3 is 0 Å². The average molecular weight is 415 g/mol. The van der Waals surface area contributed by atoms with Crippen molar-refractivity contribution in [3.63, 3.8) is 0 Å². The highest BCUT2D eigenvalue weighted by Gasteiger charge is 2.23. The van der Waals surface area contributed by atoms with Crippen LogP contribution in [-0.4, -0.2) is 68.4 Å². The summed E-state index contributed by atoms with van der Waals surface area (Å²) in [6, 6.07) is 1.99. The van der Waals surface area contributed by atoms with E-state index in [9.17, 15) is 4.79 Å². The molecule has 5 rings (SSSR count). The molecule has 0 radical (unpaired) electrons. The number of piperazine rings is 1. The van der Waals surface area contributed by atoms with Gasteiger partial charge in [0.05, 0.1) is 34.5 Å². The first-order valence-corrected chi connectivity index (χ1v) is 10.6. The Labute approximate surface area is 182 Å². The number of hydrogen-bond acceptors (Lipinski definition) is 5. The van der Waals surface area contributed by atoms with Gasteiger partial charge in [-0.25, -0.2) is 4.52 Å². The van der Waals surface area contributed by atoms with E-state index in [0.717, 1.165) is 65.7 Å². The van der Waals surface area contributed by atoms with E-state index in [1.807, 2.05) is 61.1 Å². The first-order chi connectivity index (χ1) is 15.0. The predicted molar refractivity (Wildman–Crippen MR) is 121 cm³/mol. The van der Waals surface area contributed by atoms with Crippen LogP contribution in [-0.2, 0) is 4.79 Å². The Morgan fingerprint density at radius 3 is 2.58 bits per heavy atom. The Hall–Kier alpha value is -3.45. The summed E-state index contributed by atoms with van der Waals surface area (Å²) < 4.78 is 1.83. The Bertz CT molecular complexity index is 1200. The van der Waals surface area contributed by atoms with Crippen molar-refractivity contribution in [1.82, 2.24) is 29.3 Å². The van der Waals surface area contributed by atoms with Crippen LogP contribution in [0.5, 0.6) is 0 Å². The number of hydrogen-bond donors (Lipinski definition) is 0. The van der Waals surface area contributed by atoms with Crippen molar-refractivity contribution in [2.45, 2.75) is 13.8 Å². The molecule has 7 heteroatoms. The average Bonchev–Trinajstić information content (AvgIpc) is 3.16. The standard InChI is InChI=1S/C24H26N6O/c1-17-15-30-23(18(2)25-17)14-22(26-30)19-5-4-6-20-7-8-21(16-29(20)24(31)13-19)28-11-9-27(3)10-12-28/h4-8,13-16H,9-12H2,1-3H3/b5-4?,19-13?,20-6+. The second-order valence-corrected chi connectivity index (χ2v) is 8.26. The lowest BCUT2D eigenvalue weighted by molar-refractivity contribution is -0.122. The van der Waals surface area contributed by atoms with Crippen LogP contribution in [0.25, 0.3) is 11.1 Å². The molecule has 3 aliphatic rings. The van der Waals surface area contributed by atoms with E-state index < -0.39 is 0 Å². The maximum atomic E-state index is 13.2. The third-order valence-corrected chi connectivity index (χ3v) is 5.95. The molecule has 0 unspecified atom stereocenters. The molecule has 2 aromatic rings. The molecule has 0 aromatic carbocycles. The zero-order valence-electron chi connectivity index (χ0n) is 18.1. The Morgan fingerprint density at radius 1 is 1.00 bits per heavy atom. The number of rotatable bonds is 2. The first-order valence-electron chi connectivity index (χ1n) is 10.6. The van der Waals surface area contributed by atoms with Gasteiger partial charge in [-0.1, -0.05) is 12.2 Å². The van der Waals surface area contributed by atoms with Crippen LogP contribution in [0.15, 0.2) is 66.3 Å². The van der Waals surface area contributed by atoms with Gasteiger partial charge < -0.3 is 9.80 Å². The largest absolute Gasteiger partial charge is 0.368 e. The number of likely N-dealkylation sites (N-methyl/N-ethyl adjacent to an activating group) is 1. The Balaban J connectivity index is 1.48. The van der Waals surface area contributed by atoms with Gasteiger partial charge in [-0.2, -0.15) is 5.10 Å². The normalized spacial score (nSPS) is 21.4. The fraction of sp³-hybridized carbons (Fsp3) is 0.292. The lowest BCUT2D eigenvalue weighted by Crippen LogP contribution is -2.44. The summed E-state index contributed by atoms with van der Waals surface area (Å²) in [5.41, 5.74) is 6.25. The molecule has 1 amide bonds. The van der Waals surface area contributed by atoms with Gasteiger partial charge in [-0.15, -0.1) is 0 Å². The number of aryl methyl sites for hydroxylation is 2. The predicted octanol–water partition coefficient (Wildman–Crippen LogP) is 2.67. The highest BCUT2D eigenvalue weighted by atomic mass is 16.2. The number of carbonyl (C=O) groups is 1. The number of carbonyl (C=O) groups excluding carboxylic acids is 1. The molecule has 0 atom stereocenters. The smallest absolute Gasteiger partial charge is 0.255 e. The fourth-order valence-electron chi connectivity index (χ4n) is 4.17. The topological polar surface area (TPSA) is 57.0 Å². The molecule has 1 fully saturated rings. The van der Waals surface area contributed by atoms with Crippen LogP contribution in [0.2, 0.25) is 0 Å². The molecule has 2 aromatic heterocycles. The second-order valence-electron chi connectivity index (χ2n) is 8.26. The van der Waals surface area contributed by atoms with E-state index in [2.05, 4.69) is 33.0 Å². The summed E-state index contributed by atoms with van der Waals surface area (Å²) >= 11 is 0. The van der Waals surface area contributed by atoms with Gasteiger partial charge in [-0.05, 0) is 45.2 Å². The Kier molecular flexibility index (Phi) is 4.82. The molecule has 5 heterocycles. The highest BCUT2D eigenvalue weighted by molar-refractivity contribution is 5.99. The van der Waals surface area contributed by atoms with Gasteiger partial charge in [0, 0.05) is 49.7 Å². The zero-order valence-corrected chi connectivity index (χ0v) is 18.1. The van der Waals surface area contributed by atoms with Crippen molar-refractivity contribution < 1.29 is 4.79 Å². The van der Waals surface area contributed by atoms with E-state index in [-0.39, 0.29) is 5.91 Å². The molecule has 0 saturated carbocycles. The molecule has 31 heavy (non-hydrogen) atoms. The summed E-state index contributed by atoms with van der Waals surface area (Å²) in [7, 11) is 2.14. The van der Waals surface area contributed by atoms with Crippen LogP contribution in [0, 0.1) is 13.8 Å². The van der Waals surface area contributed by atoms with E-state index >= 15 is 0 Å². The van der Waals surface area contributed by atoms with Gasteiger partial charge in [0.2, 0.25) is 0 Å². The summed E-state index contributed by atoms with van der Waals surface area (Å²) in [5, 5.41) is 4.69. The van der Waals surface area contributed by atoms with Crippen LogP contribution < -0.4 is 0 Å². The minimum atomic E-state index is -0.0790. The summed E-state index contributed by atoms with van der Waals surface area (Å²) in [6.07, 6.45) is 15.5. The minimum Gasteiger partial charge on any atom is -0.368 e. The van der Waals surface area contributed by atoms with Gasteiger partial charge in [0.15, 0.2) is 0 Å². The number of allylic oxidation sites excluding steroid dienone is 6. The van der Waals surface area contributed by atoms with Gasteiger partial charge in [-0.3, -0.25) is 14.7 Å². The highest BCUT2D eigenvalue weighted by Crippen LogP contribution is 2.26. The number of nitrogens with zero attached hydrogens (tertiary/aromatic N) is 6. The van der Waals surface area contributed by atoms with Gasteiger partial charge in [0.25, 0.3) is 5.91 Å². The first kappa shape index (κ1) is 19.5. The number of fused-ring (bicyclic) bond motifs is 2. The van der Waals surface area contributed by atoms with Gasteiger partial charge in [0.1, 0.15) is 0 Å². The molecule has 7 nitrogen and oxygen atoms in total. The third-order valence-electron chi connectivity index (χ3n) is 5.95. The maximum absolute atomic E-state index is 13.2. The van der Waals surface area contributed by atoms with E-state index in [1.165, 1.54) is 0 Å². The van der Waals surface area contributed by atoms with Crippen molar-refractivity contribution in [3.05, 3.63) is 83.4 Å². The maximum Gasteiger partial charge on any atom is 0.255 e. The molecule has 0 bridgehead atoms. The molecule has 0 N–H and O–H groups in total. The molecule has 0 spiro atoms. The molecule has 1 saturated heterocycles. The summed E-state index contributed by atoms with van der Waals surface area (Å²) in [5.74, 6) is -0.0790. The molecule has 3 aliphatic heterocycles. The Morgan fingerprint density at radius 2 is 1.77 bits per heavy atom. The van der Waals surface area contributed by atoms with Crippen LogP contribution in [0.3, 0.4) is 0 Å². The molecule has 0 aliphatic carbocycles.